The number of carbonyl (C=O) groups excluding carboxylic acids is 2. The first-order valence-corrected chi connectivity index (χ1v) is 9.37. The molecule has 0 unspecified atom stereocenters. The number of benzene rings is 2. The van der Waals surface area contributed by atoms with Crippen LogP contribution in [-0.4, -0.2) is 28.5 Å². The van der Waals surface area contributed by atoms with Gasteiger partial charge >= 0.3 is 5.97 Å². The summed E-state index contributed by atoms with van der Waals surface area (Å²) in [6, 6.07) is 12.8. The number of nitrogens with zero attached hydrogens (tertiary/aromatic N) is 3. The number of fused-ring (bicyclic) bond motifs is 2. The van der Waals surface area contributed by atoms with E-state index in [-0.39, 0.29) is 11.5 Å². The van der Waals surface area contributed by atoms with Crippen molar-refractivity contribution in [2.24, 2.45) is 0 Å². The Kier molecular flexibility index (Phi) is 4.89. The topological polar surface area (TPSA) is 98.4 Å². The number of hydrogen-bond donors (Lipinski definition) is 1. The van der Waals surface area contributed by atoms with Crippen LogP contribution in [0.1, 0.15) is 10.5 Å². The number of nitrogen functional groups attached to an aromatic ring is 1. The molecule has 2 aromatic carbocycles. The summed E-state index contributed by atoms with van der Waals surface area (Å²) in [7, 11) is 0. The van der Waals surface area contributed by atoms with Gasteiger partial charge in [-0.1, -0.05) is 35.5 Å². The van der Waals surface area contributed by atoms with E-state index >= 15 is 0 Å². The molecule has 0 aliphatic carbocycles. The number of amides is 1. The molecule has 0 fully saturated rings. The first-order valence-electron chi connectivity index (χ1n) is 8.17. The molecule has 28 heavy (non-hydrogen) atoms. The maximum absolute atomic E-state index is 13.0. The number of halogens is 1. The molecular weight excluding hydrogens is 400 g/mol. The van der Waals surface area contributed by atoms with Crippen molar-refractivity contribution >= 4 is 52.4 Å². The highest BCUT2D eigenvalue weighted by Crippen LogP contribution is 2.48. The van der Waals surface area contributed by atoms with E-state index in [1.807, 2.05) is 30.3 Å². The number of carbonyl (C=O) groups is 2. The average Bonchev–Trinajstić information content (AvgIpc) is 2.70. The lowest BCUT2D eigenvalue weighted by Gasteiger charge is -2.31. The van der Waals surface area contributed by atoms with E-state index in [0.717, 1.165) is 9.79 Å². The second-order valence-electron chi connectivity index (χ2n) is 5.78. The number of nitrogens with two attached hydrogens (primary N) is 1. The predicted molar refractivity (Wildman–Crippen MR) is 106 cm³/mol. The molecule has 140 valence electrons. The molecule has 3 aromatic rings. The highest BCUT2D eigenvalue weighted by molar-refractivity contribution is 7.99. The van der Waals surface area contributed by atoms with Crippen LogP contribution >= 0.6 is 23.4 Å². The van der Waals surface area contributed by atoms with E-state index in [2.05, 4.69) is 9.97 Å². The lowest BCUT2D eigenvalue weighted by Crippen LogP contribution is -2.32. The maximum atomic E-state index is 13.0. The Balaban J connectivity index is 1.61. The van der Waals surface area contributed by atoms with Crippen molar-refractivity contribution in [2.45, 2.75) is 9.79 Å². The molecule has 0 atom stereocenters. The summed E-state index contributed by atoms with van der Waals surface area (Å²) >= 11 is 7.68. The zero-order valence-corrected chi connectivity index (χ0v) is 15.9. The summed E-state index contributed by atoms with van der Waals surface area (Å²) < 4.78 is 5.13. The van der Waals surface area contributed by atoms with E-state index in [1.54, 1.807) is 23.9 Å². The molecule has 2 N–H and O–H groups in total. The minimum absolute atomic E-state index is 0.0585. The first kappa shape index (κ1) is 18.3. The van der Waals surface area contributed by atoms with Crippen LogP contribution in [0.25, 0.3) is 0 Å². The van der Waals surface area contributed by atoms with Crippen molar-refractivity contribution in [3.63, 3.8) is 0 Å². The SMILES string of the molecule is Nc1nccnc1C(=O)OCC(=O)N1c2ccccc2Sc2ccc(Cl)cc21. The van der Waals surface area contributed by atoms with Crippen LogP contribution in [0.15, 0.2) is 64.6 Å². The lowest BCUT2D eigenvalue weighted by atomic mass is 10.2. The fourth-order valence-corrected chi connectivity index (χ4v) is 3.97. The van der Waals surface area contributed by atoms with E-state index < -0.39 is 18.5 Å². The third-order valence-corrected chi connectivity index (χ3v) is 5.35. The van der Waals surface area contributed by atoms with Gasteiger partial charge in [-0.3, -0.25) is 9.69 Å². The molecule has 1 aliphatic heterocycles. The van der Waals surface area contributed by atoms with Gasteiger partial charge in [0.1, 0.15) is 0 Å². The van der Waals surface area contributed by atoms with Crippen LogP contribution in [-0.2, 0) is 9.53 Å². The van der Waals surface area contributed by atoms with Gasteiger partial charge in [-0.05, 0) is 30.3 Å². The molecular formula is C19H13ClN4O3S. The molecule has 0 spiro atoms. The Morgan fingerprint density at radius 3 is 2.64 bits per heavy atom. The average molecular weight is 413 g/mol. The quantitative estimate of drug-likeness (QED) is 0.655. The number of anilines is 3. The molecule has 2 heterocycles. The van der Waals surface area contributed by atoms with Crippen molar-refractivity contribution in [1.29, 1.82) is 0 Å². The van der Waals surface area contributed by atoms with E-state index in [1.165, 1.54) is 17.3 Å². The Labute approximate surface area is 169 Å². The lowest BCUT2D eigenvalue weighted by molar-refractivity contribution is -0.121. The van der Waals surface area contributed by atoms with Gasteiger partial charge in [0.2, 0.25) is 0 Å². The van der Waals surface area contributed by atoms with Gasteiger partial charge in [0.25, 0.3) is 5.91 Å². The first-order chi connectivity index (χ1) is 13.5. The smallest absolute Gasteiger partial charge is 0.361 e. The van der Waals surface area contributed by atoms with Gasteiger partial charge in [0.05, 0.1) is 11.4 Å². The van der Waals surface area contributed by atoms with Gasteiger partial charge in [-0.25, -0.2) is 14.8 Å². The summed E-state index contributed by atoms with van der Waals surface area (Å²) in [5, 5.41) is 0.501. The van der Waals surface area contributed by atoms with Crippen molar-refractivity contribution in [3.05, 3.63) is 65.6 Å². The second-order valence-corrected chi connectivity index (χ2v) is 7.30. The van der Waals surface area contributed by atoms with Gasteiger partial charge in [-0.2, -0.15) is 0 Å². The zero-order chi connectivity index (χ0) is 19.7. The van der Waals surface area contributed by atoms with Crippen LogP contribution < -0.4 is 10.6 Å². The van der Waals surface area contributed by atoms with Crippen LogP contribution in [0, 0.1) is 0 Å². The normalized spacial score (nSPS) is 12.1. The summed E-state index contributed by atoms with van der Waals surface area (Å²) in [6.07, 6.45) is 2.69. The standard InChI is InChI=1S/C19H13ClN4O3S/c20-11-5-6-15-13(9-11)24(12-3-1-2-4-14(12)28-15)16(25)10-27-19(26)17-18(21)23-8-7-22-17/h1-9H,10H2,(H2,21,23). The third-order valence-electron chi connectivity index (χ3n) is 3.98. The van der Waals surface area contributed by atoms with Crippen molar-refractivity contribution in [2.75, 3.05) is 17.2 Å². The van der Waals surface area contributed by atoms with Crippen LogP contribution in [0.2, 0.25) is 5.02 Å². The van der Waals surface area contributed by atoms with E-state index in [0.29, 0.717) is 16.4 Å². The highest BCUT2D eigenvalue weighted by Gasteiger charge is 2.29. The number of para-hydroxylation sites is 1. The molecule has 9 heteroatoms. The Morgan fingerprint density at radius 1 is 1.07 bits per heavy atom. The van der Waals surface area contributed by atoms with Gasteiger partial charge in [0.15, 0.2) is 18.1 Å². The summed E-state index contributed by atoms with van der Waals surface area (Å²) in [5.74, 6) is -1.30. The number of hydrogen-bond acceptors (Lipinski definition) is 7. The summed E-state index contributed by atoms with van der Waals surface area (Å²) in [4.78, 5) is 36.1. The van der Waals surface area contributed by atoms with Crippen LogP contribution in [0.5, 0.6) is 0 Å². The predicted octanol–water partition coefficient (Wildman–Crippen LogP) is 3.70. The molecule has 0 bridgehead atoms. The third kappa shape index (κ3) is 3.39. The van der Waals surface area contributed by atoms with Gasteiger partial charge in [0, 0.05) is 27.2 Å². The number of ether oxygens (including phenoxy) is 1. The van der Waals surface area contributed by atoms with E-state index in [4.69, 9.17) is 22.1 Å². The molecule has 4 rings (SSSR count). The molecule has 1 aromatic heterocycles. The fourth-order valence-electron chi connectivity index (χ4n) is 2.76. The fraction of sp³-hybridized carbons (Fsp3) is 0.0526. The zero-order valence-electron chi connectivity index (χ0n) is 14.3. The van der Waals surface area contributed by atoms with Crippen molar-refractivity contribution in [3.8, 4) is 0 Å². The van der Waals surface area contributed by atoms with Gasteiger partial charge < -0.3 is 10.5 Å². The maximum Gasteiger partial charge on any atom is 0.361 e. The number of rotatable bonds is 3. The molecule has 0 radical (unpaired) electrons. The Bertz CT molecular complexity index is 1090. The molecule has 1 aliphatic rings. The van der Waals surface area contributed by atoms with E-state index in [9.17, 15) is 9.59 Å². The number of esters is 1. The molecule has 0 saturated carbocycles. The second kappa shape index (κ2) is 7.49. The highest BCUT2D eigenvalue weighted by atomic mass is 35.5. The van der Waals surface area contributed by atoms with Crippen LogP contribution in [0.4, 0.5) is 17.2 Å². The molecule has 7 nitrogen and oxygen atoms in total. The minimum Gasteiger partial charge on any atom is -0.451 e. The van der Waals surface area contributed by atoms with Gasteiger partial charge in [-0.15, -0.1) is 0 Å². The Morgan fingerprint density at radius 2 is 1.82 bits per heavy atom. The molecule has 1 amide bonds. The van der Waals surface area contributed by atoms with Crippen LogP contribution in [0.3, 0.4) is 0 Å². The largest absolute Gasteiger partial charge is 0.451 e. The number of aromatic nitrogens is 2. The van der Waals surface area contributed by atoms with Crippen molar-refractivity contribution < 1.29 is 14.3 Å². The Hall–Kier alpha value is -3.10. The summed E-state index contributed by atoms with van der Waals surface area (Å²) in [6.45, 7) is -0.486. The monoisotopic (exact) mass is 412 g/mol. The minimum atomic E-state index is -0.815. The van der Waals surface area contributed by atoms with Crippen molar-refractivity contribution in [1.82, 2.24) is 9.97 Å². The summed E-state index contributed by atoms with van der Waals surface area (Å²) in [5.41, 5.74) is 6.83. The molecule has 0 saturated heterocycles.